The molecule has 162 valence electrons. The van der Waals surface area contributed by atoms with Crippen molar-refractivity contribution in [1.82, 2.24) is 9.88 Å². The molecule has 2 heterocycles. The number of nitrogens with zero attached hydrogens (tertiary/aromatic N) is 3. The third kappa shape index (κ3) is 4.69. The highest BCUT2D eigenvalue weighted by Crippen LogP contribution is 2.34. The Balaban J connectivity index is 1.59. The van der Waals surface area contributed by atoms with Crippen molar-refractivity contribution in [1.29, 1.82) is 0 Å². The van der Waals surface area contributed by atoms with Crippen molar-refractivity contribution < 1.29 is 14.3 Å². The van der Waals surface area contributed by atoms with Crippen molar-refractivity contribution in [3.05, 3.63) is 41.2 Å². The first-order valence-corrected chi connectivity index (χ1v) is 11.3. The molecule has 31 heavy (non-hydrogen) atoms. The molecule has 0 radical (unpaired) electrons. The predicted octanol–water partition coefficient (Wildman–Crippen LogP) is 5.21. The van der Waals surface area contributed by atoms with Gasteiger partial charge in [-0.05, 0) is 69.7 Å². The van der Waals surface area contributed by atoms with Crippen molar-refractivity contribution in [3.63, 3.8) is 0 Å². The van der Waals surface area contributed by atoms with Crippen LogP contribution in [0, 0.1) is 5.92 Å². The van der Waals surface area contributed by atoms with Gasteiger partial charge < -0.3 is 10.1 Å². The summed E-state index contributed by atoms with van der Waals surface area (Å²) < 4.78 is 6.37. The number of fused-ring (bicyclic) bond motifs is 1. The molecule has 1 aromatic carbocycles. The van der Waals surface area contributed by atoms with Gasteiger partial charge in [-0.25, -0.2) is 9.78 Å². The smallest absolute Gasteiger partial charge is 0.414 e. The zero-order valence-electron chi connectivity index (χ0n) is 18.0. The molecule has 7 nitrogen and oxygen atoms in total. The summed E-state index contributed by atoms with van der Waals surface area (Å²) in [5.41, 5.74) is 4.35. The topological polar surface area (TPSA) is 83.9 Å². The van der Waals surface area contributed by atoms with Crippen LogP contribution in [0.2, 0.25) is 0 Å². The molecule has 1 aliphatic carbocycles. The monoisotopic (exact) mass is 438 g/mol. The van der Waals surface area contributed by atoms with E-state index in [1.54, 1.807) is 4.90 Å². The fraction of sp³-hybridized carbons (Fsp3) is 0.391. The molecule has 2 amide bonds. The number of ether oxygens (including phenoxy) is 1. The molecule has 1 N–H and O–H groups in total. The van der Waals surface area contributed by atoms with Crippen LogP contribution < -0.4 is 5.32 Å². The minimum Gasteiger partial charge on any atom is -0.446 e. The van der Waals surface area contributed by atoms with Crippen molar-refractivity contribution in [3.8, 4) is 0 Å². The van der Waals surface area contributed by atoms with Gasteiger partial charge in [0.1, 0.15) is 0 Å². The van der Waals surface area contributed by atoms with Crippen LogP contribution in [-0.2, 0) is 9.53 Å². The van der Waals surface area contributed by atoms with Gasteiger partial charge in [-0.3, -0.25) is 14.7 Å². The molecule has 1 aliphatic heterocycles. The van der Waals surface area contributed by atoms with Gasteiger partial charge in [0, 0.05) is 18.9 Å². The molecule has 2 aliphatic rings. The van der Waals surface area contributed by atoms with E-state index in [-0.39, 0.29) is 24.0 Å². The Morgan fingerprint density at radius 2 is 2.16 bits per heavy atom. The number of rotatable bonds is 6. The molecule has 0 saturated heterocycles. The van der Waals surface area contributed by atoms with Gasteiger partial charge in [0.2, 0.25) is 5.91 Å². The minimum atomic E-state index is -0.373. The maximum Gasteiger partial charge on any atom is 0.414 e. The van der Waals surface area contributed by atoms with Gasteiger partial charge in [0.05, 0.1) is 27.7 Å². The number of carbonyl (C=O) groups is 2. The number of aromatic nitrogens is 1. The van der Waals surface area contributed by atoms with E-state index in [4.69, 9.17) is 4.74 Å². The molecular weight excluding hydrogens is 412 g/mol. The van der Waals surface area contributed by atoms with Crippen LogP contribution in [0.15, 0.2) is 40.7 Å². The summed E-state index contributed by atoms with van der Waals surface area (Å²) in [4.78, 5) is 34.8. The highest BCUT2D eigenvalue weighted by Gasteiger charge is 2.30. The van der Waals surface area contributed by atoms with Gasteiger partial charge >= 0.3 is 6.09 Å². The first-order valence-electron chi connectivity index (χ1n) is 10.4. The number of amides is 2. The van der Waals surface area contributed by atoms with Gasteiger partial charge in [-0.2, -0.15) is 0 Å². The second-order valence-corrected chi connectivity index (χ2v) is 9.15. The SMILES string of the molecule is C=NC1=C(/C=C(\C)c2ccc3nc(NC(=O)C4CC4)sc3c2)N(C(=O)OC(C)C)CC1. The van der Waals surface area contributed by atoms with Crippen LogP contribution in [-0.4, -0.2) is 41.3 Å². The molecule has 1 saturated carbocycles. The molecule has 0 unspecified atom stereocenters. The Labute approximate surface area is 185 Å². The number of allylic oxidation sites excluding steroid dienone is 2. The van der Waals surface area contributed by atoms with Crippen molar-refractivity contribution in [2.24, 2.45) is 10.9 Å². The zero-order chi connectivity index (χ0) is 22.1. The van der Waals surface area contributed by atoms with Crippen molar-refractivity contribution in [2.45, 2.75) is 46.1 Å². The Kier molecular flexibility index (Phi) is 5.91. The first-order chi connectivity index (χ1) is 14.9. The molecule has 2 aromatic rings. The largest absolute Gasteiger partial charge is 0.446 e. The second kappa shape index (κ2) is 8.63. The fourth-order valence-electron chi connectivity index (χ4n) is 3.46. The average Bonchev–Trinajstić information content (AvgIpc) is 3.38. The fourth-order valence-corrected chi connectivity index (χ4v) is 4.37. The quantitative estimate of drug-likeness (QED) is 0.628. The van der Waals surface area contributed by atoms with E-state index in [0.29, 0.717) is 18.1 Å². The summed E-state index contributed by atoms with van der Waals surface area (Å²) in [6.45, 7) is 9.84. The lowest BCUT2D eigenvalue weighted by atomic mass is 10.1. The zero-order valence-corrected chi connectivity index (χ0v) is 18.8. The van der Waals surface area contributed by atoms with Gasteiger partial charge in [-0.15, -0.1) is 0 Å². The van der Waals surface area contributed by atoms with Crippen LogP contribution in [0.5, 0.6) is 0 Å². The number of nitrogens with one attached hydrogen (secondary N) is 1. The van der Waals surface area contributed by atoms with E-state index in [9.17, 15) is 9.59 Å². The molecule has 1 fully saturated rings. The Bertz CT molecular complexity index is 1110. The van der Waals surface area contributed by atoms with Gasteiger partial charge in [-0.1, -0.05) is 17.4 Å². The van der Waals surface area contributed by atoms with Gasteiger partial charge in [0.15, 0.2) is 5.13 Å². The van der Waals surface area contributed by atoms with Crippen LogP contribution in [0.4, 0.5) is 9.93 Å². The van der Waals surface area contributed by atoms with E-state index >= 15 is 0 Å². The van der Waals surface area contributed by atoms with E-state index in [0.717, 1.165) is 45.6 Å². The Morgan fingerprint density at radius 3 is 2.84 bits per heavy atom. The minimum absolute atomic E-state index is 0.0568. The van der Waals surface area contributed by atoms with E-state index in [1.807, 2.05) is 39.0 Å². The van der Waals surface area contributed by atoms with Crippen molar-refractivity contribution >= 4 is 51.0 Å². The van der Waals surface area contributed by atoms with E-state index < -0.39 is 0 Å². The number of hydrogen-bond acceptors (Lipinski definition) is 6. The summed E-state index contributed by atoms with van der Waals surface area (Å²) in [7, 11) is 0. The average molecular weight is 439 g/mol. The van der Waals surface area contributed by atoms with Crippen molar-refractivity contribution in [2.75, 3.05) is 11.9 Å². The lowest BCUT2D eigenvalue weighted by Crippen LogP contribution is -2.30. The predicted molar refractivity (Wildman–Crippen MR) is 124 cm³/mol. The number of hydrogen-bond donors (Lipinski definition) is 1. The highest BCUT2D eigenvalue weighted by atomic mass is 32.1. The van der Waals surface area contributed by atoms with Crippen LogP contribution >= 0.6 is 11.3 Å². The lowest BCUT2D eigenvalue weighted by molar-refractivity contribution is -0.117. The third-order valence-corrected chi connectivity index (χ3v) is 6.22. The number of benzene rings is 1. The van der Waals surface area contributed by atoms with E-state index in [1.165, 1.54) is 11.3 Å². The normalized spacial score (nSPS) is 16.9. The maximum absolute atomic E-state index is 12.5. The molecule has 0 atom stereocenters. The summed E-state index contributed by atoms with van der Waals surface area (Å²) in [5, 5.41) is 3.55. The first kappa shape index (κ1) is 21.2. The number of carbonyl (C=O) groups excluding carboxylic acids is 2. The Morgan fingerprint density at radius 1 is 1.39 bits per heavy atom. The van der Waals surface area contributed by atoms with Crippen LogP contribution in [0.1, 0.15) is 45.6 Å². The Hall–Kier alpha value is -3.00. The summed E-state index contributed by atoms with van der Waals surface area (Å²) >= 11 is 1.47. The van der Waals surface area contributed by atoms with E-state index in [2.05, 4.69) is 28.1 Å². The molecular formula is C23H26N4O3S. The lowest BCUT2D eigenvalue weighted by Gasteiger charge is -2.20. The highest BCUT2D eigenvalue weighted by molar-refractivity contribution is 7.22. The molecule has 8 heteroatoms. The molecule has 1 aromatic heterocycles. The van der Waals surface area contributed by atoms with Gasteiger partial charge in [0.25, 0.3) is 0 Å². The number of aliphatic imine (C=N–C) groups is 1. The third-order valence-electron chi connectivity index (χ3n) is 5.28. The molecule has 0 bridgehead atoms. The van der Waals surface area contributed by atoms with Crippen LogP contribution in [0.3, 0.4) is 0 Å². The van der Waals surface area contributed by atoms with Crippen LogP contribution in [0.25, 0.3) is 15.8 Å². The second-order valence-electron chi connectivity index (χ2n) is 8.12. The number of thiazole rings is 1. The number of anilines is 1. The summed E-state index contributed by atoms with van der Waals surface area (Å²) in [5.74, 6) is 0.201. The maximum atomic E-state index is 12.5. The summed E-state index contributed by atoms with van der Waals surface area (Å²) in [6, 6.07) is 6.00. The summed E-state index contributed by atoms with van der Waals surface area (Å²) in [6.07, 6.45) is 3.96. The molecule has 0 spiro atoms. The molecule has 4 rings (SSSR count). The standard InChI is InChI=1S/C23H26N4O3S/c1-13(2)30-23(29)27-10-9-17(24-4)19(27)11-14(3)16-7-8-18-20(12-16)31-22(25-18)26-21(28)15-5-6-15/h7-8,11-13,15H,4-6,9-10H2,1-3H3,(H,25,26,28)/b14-11+.